The number of anilines is 2. The standard InChI is InChI=1S/C23H29N3O6S2/c1-2-33(28,29)26-17-22(32-21-10-6-5-9-20(21)26)23(27)24-18-11-13-19(14-12-18)34(30,31)25-15-7-3-4-8-16-25/h5-6,9-14,22H,2-4,7-8,15-17H2,1H3,(H,24,27)/t22-/m1/s1. The van der Waals surface area contributed by atoms with E-state index < -0.39 is 32.1 Å². The molecule has 0 bridgehead atoms. The van der Waals surface area contributed by atoms with Gasteiger partial charge in [-0.1, -0.05) is 25.0 Å². The van der Waals surface area contributed by atoms with Crippen molar-refractivity contribution in [2.24, 2.45) is 0 Å². The van der Waals surface area contributed by atoms with Crippen molar-refractivity contribution in [2.45, 2.75) is 43.6 Å². The second-order valence-corrected chi connectivity index (χ2v) is 12.5. The van der Waals surface area contributed by atoms with Gasteiger partial charge in [0, 0.05) is 18.8 Å². The van der Waals surface area contributed by atoms with Crippen LogP contribution in [0.3, 0.4) is 0 Å². The summed E-state index contributed by atoms with van der Waals surface area (Å²) in [5.74, 6) is -0.318. The smallest absolute Gasteiger partial charge is 0.267 e. The molecule has 0 aliphatic carbocycles. The zero-order chi connectivity index (χ0) is 24.3. The summed E-state index contributed by atoms with van der Waals surface area (Å²) in [5.41, 5.74) is 0.795. The van der Waals surface area contributed by atoms with E-state index in [4.69, 9.17) is 4.74 Å². The van der Waals surface area contributed by atoms with E-state index in [0.717, 1.165) is 25.7 Å². The van der Waals surface area contributed by atoms with Crippen molar-refractivity contribution in [2.75, 3.05) is 35.0 Å². The molecular formula is C23H29N3O6S2. The summed E-state index contributed by atoms with van der Waals surface area (Å²) in [4.78, 5) is 13.1. The lowest BCUT2D eigenvalue weighted by molar-refractivity contribution is -0.122. The van der Waals surface area contributed by atoms with Gasteiger partial charge in [-0.25, -0.2) is 16.8 Å². The quantitative estimate of drug-likeness (QED) is 0.643. The molecule has 11 heteroatoms. The zero-order valence-electron chi connectivity index (χ0n) is 19.0. The average Bonchev–Trinajstić information content (AvgIpc) is 3.14. The van der Waals surface area contributed by atoms with E-state index in [9.17, 15) is 21.6 Å². The largest absolute Gasteiger partial charge is 0.476 e. The Morgan fingerprint density at radius 2 is 1.62 bits per heavy atom. The van der Waals surface area contributed by atoms with Gasteiger partial charge in [0.2, 0.25) is 20.0 Å². The third kappa shape index (κ3) is 5.06. The summed E-state index contributed by atoms with van der Waals surface area (Å²) in [6.45, 7) is 2.42. The first kappa shape index (κ1) is 24.5. The minimum atomic E-state index is -3.61. The Balaban J connectivity index is 1.49. The molecule has 1 N–H and O–H groups in total. The van der Waals surface area contributed by atoms with E-state index in [1.54, 1.807) is 31.2 Å². The lowest BCUT2D eigenvalue weighted by Crippen LogP contribution is -2.49. The maximum atomic E-state index is 13.0. The van der Waals surface area contributed by atoms with Crippen LogP contribution >= 0.6 is 0 Å². The van der Waals surface area contributed by atoms with Crippen LogP contribution in [0.15, 0.2) is 53.4 Å². The Labute approximate surface area is 200 Å². The Bertz CT molecular complexity index is 1240. The summed E-state index contributed by atoms with van der Waals surface area (Å²) < 4.78 is 59.6. The van der Waals surface area contributed by atoms with Crippen LogP contribution in [0.2, 0.25) is 0 Å². The summed E-state index contributed by atoms with van der Waals surface area (Å²) in [7, 11) is -7.20. The van der Waals surface area contributed by atoms with Crippen LogP contribution < -0.4 is 14.4 Å². The number of hydrogen-bond acceptors (Lipinski definition) is 6. The molecule has 1 fully saturated rings. The molecule has 1 atom stereocenters. The molecular weight excluding hydrogens is 478 g/mol. The molecule has 0 saturated carbocycles. The van der Waals surface area contributed by atoms with Crippen molar-refractivity contribution in [3.05, 3.63) is 48.5 Å². The van der Waals surface area contributed by atoms with Crippen molar-refractivity contribution in [3.8, 4) is 5.75 Å². The number of para-hydroxylation sites is 2. The first-order chi connectivity index (χ1) is 16.2. The molecule has 0 aromatic heterocycles. The van der Waals surface area contributed by atoms with Gasteiger partial charge in [-0.05, 0) is 56.2 Å². The van der Waals surface area contributed by atoms with Crippen LogP contribution in [0.5, 0.6) is 5.75 Å². The van der Waals surface area contributed by atoms with E-state index in [1.807, 2.05) is 0 Å². The number of nitrogens with one attached hydrogen (secondary N) is 1. The molecule has 34 heavy (non-hydrogen) atoms. The molecule has 0 radical (unpaired) electrons. The minimum Gasteiger partial charge on any atom is -0.476 e. The van der Waals surface area contributed by atoms with Gasteiger partial charge in [-0.3, -0.25) is 9.10 Å². The predicted octanol–water partition coefficient (Wildman–Crippen LogP) is 2.81. The number of rotatable bonds is 6. The number of amides is 1. The number of fused-ring (bicyclic) bond motifs is 1. The van der Waals surface area contributed by atoms with Crippen molar-refractivity contribution >= 4 is 37.3 Å². The normalized spacial score (nSPS) is 19.6. The topological polar surface area (TPSA) is 113 Å². The molecule has 1 saturated heterocycles. The number of ether oxygens (including phenoxy) is 1. The lowest BCUT2D eigenvalue weighted by atomic mass is 10.2. The van der Waals surface area contributed by atoms with Gasteiger partial charge >= 0.3 is 0 Å². The third-order valence-corrected chi connectivity index (χ3v) is 9.71. The third-order valence-electron chi connectivity index (χ3n) is 6.05. The maximum absolute atomic E-state index is 13.0. The Morgan fingerprint density at radius 1 is 0.971 bits per heavy atom. The first-order valence-electron chi connectivity index (χ1n) is 11.4. The molecule has 2 aromatic carbocycles. The minimum absolute atomic E-state index is 0.109. The van der Waals surface area contributed by atoms with Gasteiger partial charge in [0.1, 0.15) is 5.75 Å². The van der Waals surface area contributed by atoms with Gasteiger partial charge in [0.25, 0.3) is 5.91 Å². The van der Waals surface area contributed by atoms with E-state index in [1.165, 1.54) is 32.9 Å². The predicted molar refractivity (Wildman–Crippen MR) is 130 cm³/mol. The molecule has 4 rings (SSSR count). The molecule has 2 aromatic rings. The number of benzene rings is 2. The zero-order valence-corrected chi connectivity index (χ0v) is 20.6. The lowest BCUT2D eigenvalue weighted by Gasteiger charge is -2.34. The Morgan fingerprint density at radius 3 is 2.26 bits per heavy atom. The number of hydrogen-bond donors (Lipinski definition) is 1. The highest BCUT2D eigenvalue weighted by atomic mass is 32.2. The number of carbonyl (C=O) groups excluding carboxylic acids is 1. The molecule has 9 nitrogen and oxygen atoms in total. The van der Waals surface area contributed by atoms with Gasteiger partial charge in [-0.15, -0.1) is 0 Å². The van der Waals surface area contributed by atoms with Crippen molar-refractivity contribution in [3.63, 3.8) is 0 Å². The maximum Gasteiger partial charge on any atom is 0.267 e. The van der Waals surface area contributed by atoms with Gasteiger partial charge in [0.05, 0.1) is 22.9 Å². The van der Waals surface area contributed by atoms with E-state index in [-0.39, 0.29) is 17.2 Å². The Kier molecular flexibility index (Phi) is 7.15. The molecule has 0 unspecified atom stereocenters. The van der Waals surface area contributed by atoms with Crippen molar-refractivity contribution in [1.82, 2.24) is 4.31 Å². The van der Waals surface area contributed by atoms with Gasteiger partial charge < -0.3 is 10.1 Å². The van der Waals surface area contributed by atoms with E-state index in [2.05, 4.69) is 5.32 Å². The molecule has 184 valence electrons. The van der Waals surface area contributed by atoms with E-state index >= 15 is 0 Å². The fourth-order valence-corrected chi connectivity index (χ4v) is 6.76. The van der Waals surface area contributed by atoms with Crippen LogP contribution in [0.4, 0.5) is 11.4 Å². The summed E-state index contributed by atoms with van der Waals surface area (Å²) in [6.07, 6.45) is 2.70. The van der Waals surface area contributed by atoms with Crippen LogP contribution in [0.25, 0.3) is 0 Å². The van der Waals surface area contributed by atoms with Crippen molar-refractivity contribution < 1.29 is 26.4 Å². The van der Waals surface area contributed by atoms with Crippen molar-refractivity contribution in [1.29, 1.82) is 0 Å². The summed E-state index contributed by atoms with van der Waals surface area (Å²) in [6, 6.07) is 12.7. The highest BCUT2D eigenvalue weighted by Crippen LogP contribution is 2.35. The highest BCUT2D eigenvalue weighted by Gasteiger charge is 2.36. The van der Waals surface area contributed by atoms with Gasteiger partial charge in [-0.2, -0.15) is 4.31 Å². The number of sulfonamides is 2. The van der Waals surface area contributed by atoms with Crippen LogP contribution in [0, 0.1) is 0 Å². The summed E-state index contributed by atoms with van der Waals surface area (Å²) >= 11 is 0. The molecule has 0 spiro atoms. The number of nitrogens with zero attached hydrogens (tertiary/aromatic N) is 2. The number of carbonyl (C=O) groups is 1. The van der Waals surface area contributed by atoms with Gasteiger partial charge in [0.15, 0.2) is 6.10 Å². The van der Waals surface area contributed by atoms with Crippen LogP contribution in [0.1, 0.15) is 32.6 Å². The van der Waals surface area contributed by atoms with Crippen LogP contribution in [-0.4, -0.2) is 58.5 Å². The second-order valence-electron chi connectivity index (χ2n) is 8.34. The molecule has 2 aliphatic heterocycles. The van der Waals surface area contributed by atoms with E-state index in [0.29, 0.717) is 30.2 Å². The SMILES string of the molecule is CCS(=O)(=O)N1C[C@H](C(=O)Nc2ccc(S(=O)(=O)N3CCCCCC3)cc2)Oc2ccccc21. The Hall–Kier alpha value is -2.63. The molecule has 2 heterocycles. The van der Waals surface area contributed by atoms with Crippen LogP contribution in [-0.2, 0) is 24.8 Å². The first-order valence-corrected chi connectivity index (χ1v) is 14.4. The monoisotopic (exact) mass is 507 g/mol. The molecule has 1 amide bonds. The summed E-state index contributed by atoms with van der Waals surface area (Å²) in [5, 5.41) is 2.71. The highest BCUT2D eigenvalue weighted by molar-refractivity contribution is 7.92. The average molecular weight is 508 g/mol. The second kappa shape index (κ2) is 9.93. The fourth-order valence-electron chi connectivity index (χ4n) is 4.12. The fraction of sp³-hybridized carbons (Fsp3) is 0.435. The molecule has 2 aliphatic rings.